The van der Waals surface area contributed by atoms with Gasteiger partial charge in [0.15, 0.2) is 11.5 Å². The standard InChI is InChI=1S/C21H27NO3/c1-5-15(2)17-8-10-18(11-9-17)22-21(23)13-7-16-6-12-19(24-3)20(14-16)25-4/h6,8-12,14-15H,5,7,13H2,1-4H3,(H,22,23)/t15-/m0/s1. The summed E-state index contributed by atoms with van der Waals surface area (Å²) in [4.78, 5) is 12.2. The fourth-order valence-electron chi connectivity index (χ4n) is 2.65. The lowest BCUT2D eigenvalue weighted by Gasteiger charge is -2.11. The van der Waals surface area contributed by atoms with Crippen LogP contribution in [0.2, 0.25) is 0 Å². The van der Waals surface area contributed by atoms with E-state index in [1.54, 1.807) is 14.2 Å². The van der Waals surface area contributed by atoms with E-state index >= 15 is 0 Å². The molecule has 0 saturated carbocycles. The van der Waals surface area contributed by atoms with Crippen molar-refractivity contribution in [1.29, 1.82) is 0 Å². The first-order chi connectivity index (χ1) is 12.1. The van der Waals surface area contributed by atoms with Gasteiger partial charge in [0, 0.05) is 12.1 Å². The van der Waals surface area contributed by atoms with Crippen molar-refractivity contribution < 1.29 is 14.3 Å². The average molecular weight is 341 g/mol. The van der Waals surface area contributed by atoms with Gasteiger partial charge in [-0.05, 0) is 54.2 Å². The second-order valence-corrected chi connectivity index (χ2v) is 6.17. The summed E-state index contributed by atoms with van der Waals surface area (Å²) in [6.45, 7) is 4.38. The fraction of sp³-hybridized carbons (Fsp3) is 0.381. The Balaban J connectivity index is 1.90. The summed E-state index contributed by atoms with van der Waals surface area (Å²) in [7, 11) is 3.22. The lowest BCUT2D eigenvalue weighted by atomic mass is 9.98. The zero-order valence-electron chi connectivity index (χ0n) is 15.5. The smallest absolute Gasteiger partial charge is 0.224 e. The van der Waals surface area contributed by atoms with Crippen LogP contribution in [0.4, 0.5) is 5.69 Å². The summed E-state index contributed by atoms with van der Waals surface area (Å²) in [5.74, 6) is 1.92. The average Bonchev–Trinajstić information content (AvgIpc) is 2.66. The Morgan fingerprint density at radius 2 is 1.72 bits per heavy atom. The van der Waals surface area contributed by atoms with Crippen LogP contribution in [0.1, 0.15) is 43.7 Å². The molecule has 0 saturated heterocycles. The number of methoxy groups -OCH3 is 2. The first-order valence-electron chi connectivity index (χ1n) is 8.68. The predicted molar refractivity (Wildman–Crippen MR) is 102 cm³/mol. The SMILES string of the molecule is CC[C@H](C)c1ccc(NC(=O)CCc2ccc(OC)c(OC)c2)cc1. The van der Waals surface area contributed by atoms with Gasteiger partial charge in [-0.15, -0.1) is 0 Å². The van der Waals surface area contributed by atoms with E-state index in [1.807, 2.05) is 30.3 Å². The van der Waals surface area contributed by atoms with Crippen LogP contribution in [0.3, 0.4) is 0 Å². The van der Waals surface area contributed by atoms with Crippen LogP contribution in [0.5, 0.6) is 11.5 Å². The Morgan fingerprint density at radius 1 is 1.04 bits per heavy atom. The Bertz CT molecular complexity index is 695. The Kier molecular flexibility index (Phi) is 6.87. The van der Waals surface area contributed by atoms with Gasteiger partial charge in [0.05, 0.1) is 14.2 Å². The third-order valence-corrected chi connectivity index (χ3v) is 4.46. The molecule has 0 aromatic heterocycles. The number of rotatable bonds is 8. The number of hydrogen-bond donors (Lipinski definition) is 1. The molecule has 2 aromatic carbocycles. The van der Waals surface area contributed by atoms with Crippen molar-refractivity contribution in [1.82, 2.24) is 0 Å². The molecule has 0 aliphatic heterocycles. The summed E-state index contributed by atoms with van der Waals surface area (Å²) in [6.07, 6.45) is 2.18. The highest BCUT2D eigenvalue weighted by Crippen LogP contribution is 2.28. The van der Waals surface area contributed by atoms with E-state index in [9.17, 15) is 4.79 Å². The maximum atomic E-state index is 12.2. The van der Waals surface area contributed by atoms with Gasteiger partial charge >= 0.3 is 0 Å². The molecule has 1 N–H and O–H groups in total. The van der Waals surface area contributed by atoms with E-state index in [0.717, 1.165) is 17.7 Å². The molecule has 1 atom stereocenters. The van der Waals surface area contributed by atoms with Gasteiger partial charge < -0.3 is 14.8 Å². The van der Waals surface area contributed by atoms with Crippen molar-refractivity contribution in [3.8, 4) is 11.5 Å². The number of ether oxygens (including phenoxy) is 2. The number of benzene rings is 2. The van der Waals surface area contributed by atoms with E-state index in [-0.39, 0.29) is 5.91 Å². The quantitative estimate of drug-likeness (QED) is 0.751. The normalized spacial score (nSPS) is 11.7. The molecule has 0 radical (unpaired) electrons. The summed E-state index contributed by atoms with van der Waals surface area (Å²) >= 11 is 0. The molecule has 1 amide bonds. The Labute approximate surface area is 150 Å². The van der Waals surface area contributed by atoms with E-state index in [4.69, 9.17) is 9.47 Å². The minimum Gasteiger partial charge on any atom is -0.493 e. The molecular weight excluding hydrogens is 314 g/mol. The summed E-state index contributed by atoms with van der Waals surface area (Å²) in [6, 6.07) is 13.8. The van der Waals surface area contributed by atoms with Crippen LogP contribution in [0.25, 0.3) is 0 Å². The van der Waals surface area contributed by atoms with E-state index in [1.165, 1.54) is 5.56 Å². The maximum absolute atomic E-state index is 12.2. The Morgan fingerprint density at radius 3 is 2.32 bits per heavy atom. The number of amides is 1. The number of carbonyl (C=O) groups excluding carboxylic acids is 1. The molecular formula is C21H27NO3. The van der Waals surface area contributed by atoms with Crippen molar-refractivity contribution in [2.45, 2.75) is 39.0 Å². The third-order valence-electron chi connectivity index (χ3n) is 4.46. The molecule has 0 aliphatic rings. The topological polar surface area (TPSA) is 47.6 Å². The first kappa shape index (κ1) is 18.8. The van der Waals surface area contributed by atoms with Crippen LogP contribution < -0.4 is 14.8 Å². The van der Waals surface area contributed by atoms with Crippen molar-refractivity contribution in [3.63, 3.8) is 0 Å². The minimum absolute atomic E-state index is 0.00562. The lowest BCUT2D eigenvalue weighted by molar-refractivity contribution is -0.116. The van der Waals surface area contributed by atoms with E-state index in [0.29, 0.717) is 30.3 Å². The first-order valence-corrected chi connectivity index (χ1v) is 8.68. The van der Waals surface area contributed by atoms with Crippen molar-refractivity contribution in [2.75, 3.05) is 19.5 Å². The predicted octanol–water partition coefficient (Wildman–Crippen LogP) is 4.79. The van der Waals surface area contributed by atoms with E-state index < -0.39 is 0 Å². The number of aryl methyl sites for hydroxylation is 1. The molecule has 0 bridgehead atoms. The minimum atomic E-state index is 0.00562. The zero-order chi connectivity index (χ0) is 18.2. The molecule has 2 aromatic rings. The molecule has 134 valence electrons. The van der Waals surface area contributed by atoms with Gasteiger partial charge in [0.25, 0.3) is 0 Å². The molecule has 4 nitrogen and oxygen atoms in total. The van der Waals surface area contributed by atoms with Crippen LogP contribution in [0.15, 0.2) is 42.5 Å². The van der Waals surface area contributed by atoms with Gasteiger partial charge in [-0.1, -0.05) is 32.0 Å². The highest BCUT2D eigenvalue weighted by molar-refractivity contribution is 5.90. The van der Waals surface area contributed by atoms with Gasteiger partial charge in [-0.25, -0.2) is 0 Å². The van der Waals surface area contributed by atoms with Gasteiger partial charge in [-0.2, -0.15) is 0 Å². The van der Waals surface area contributed by atoms with Gasteiger partial charge in [0.1, 0.15) is 0 Å². The third kappa shape index (κ3) is 5.24. The van der Waals surface area contributed by atoms with Crippen LogP contribution in [-0.2, 0) is 11.2 Å². The molecule has 4 heteroatoms. The van der Waals surface area contributed by atoms with Crippen LogP contribution >= 0.6 is 0 Å². The van der Waals surface area contributed by atoms with Crippen LogP contribution in [0, 0.1) is 0 Å². The number of anilines is 1. The monoisotopic (exact) mass is 341 g/mol. The molecule has 0 unspecified atom stereocenters. The van der Waals surface area contributed by atoms with E-state index in [2.05, 4.69) is 31.3 Å². The molecule has 0 aliphatic carbocycles. The van der Waals surface area contributed by atoms with Crippen LogP contribution in [-0.4, -0.2) is 20.1 Å². The van der Waals surface area contributed by atoms with Crippen molar-refractivity contribution >= 4 is 11.6 Å². The number of carbonyl (C=O) groups is 1. The lowest BCUT2D eigenvalue weighted by Crippen LogP contribution is -2.12. The van der Waals surface area contributed by atoms with Crippen molar-refractivity contribution in [3.05, 3.63) is 53.6 Å². The Hall–Kier alpha value is -2.49. The highest BCUT2D eigenvalue weighted by atomic mass is 16.5. The maximum Gasteiger partial charge on any atom is 0.224 e. The van der Waals surface area contributed by atoms with Gasteiger partial charge in [-0.3, -0.25) is 4.79 Å². The fourth-order valence-corrected chi connectivity index (χ4v) is 2.65. The summed E-state index contributed by atoms with van der Waals surface area (Å²) < 4.78 is 10.5. The number of hydrogen-bond acceptors (Lipinski definition) is 3. The molecule has 0 spiro atoms. The molecule has 0 heterocycles. The second kappa shape index (κ2) is 9.11. The molecule has 2 rings (SSSR count). The summed E-state index contributed by atoms with van der Waals surface area (Å²) in [5, 5.41) is 2.95. The molecule has 25 heavy (non-hydrogen) atoms. The zero-order valence-corrected chi connectivity index (χ0v) is 15.5. The summed E-state index contributed by atoms with van der Waals surface area (Å²) in [5.41, 5.74) is 3.18. The highest BCUT2D eigenvalue weighted by Gasteiger charge is 2.08. The van der Waals surface area contributed by atoms with Crippen molar-refractivity contribution in [2.24, 2.45) is 0 Å². The van der Waals surface area contributed by atoms with Gasteiger partial charge in [0.2, 0.25) is 5.91 Å². The second-order valence-electron chi connectivity index (χ2n) is 6.17. The molecule has 0 fully saturated rings. The largest absolute Gasteiger partial charge is 0.493 e. The number of nitrogens with one attached hydrogen (secondary N) is 1.